The first-order chi connectivity index (χ1) is 8.20. The maximum atomic E-state index is 5.18. The van der Waals surface area contributed by atoms with Gasteiger partial charge in [-0.25, -0.2) is 0 Å². The van der Waals surface area contributed by atoms with E-state index in [9.17, 15) is 0 Å². The van der Waals surface area contributed by atoms with Crippen molar-refractivity contribution in [3.63, 3.8) is 0 Å². The van der Waals surface area contributed by atoms with Crippen LogP contribution in [-0.2, 0) is 6.54 Å². The molecule has 0 spiro atoms. The number of aromatic nitrogens is 2. The van der Waals surface area contributed by atoms with Gasteiger partial charge in [-0.2, -0.15) is 5.10 Å². The largest absolute Gasteiger partial charge is 0.492 e. The van der Waals surface area contributed by atoms with E-state index >= 15 is 0 Å². The number of hydrogen-bond acceptors (Lipinski definition) is 4. The second-order valence-corrected chi connectivity index (χ2v) is 5.12. The number of hydrogen-bond donors (Lipinski definition) is 0. The van der Waals surface area contributed by atoms with Gasteiger partial charge in [0.1, 0.15) is 4.60 Å². The Balaban J connectivity index is 1.83. The molecule has 0 amide bonds. The van der Waals surface area contributed by atoms with Gasteiger partial charge < -0.3 is 9.64 Å². The van der Waals surface area contributed by atoms with Gasteiger partial charge in [0.25, 0.3) is 0 Å². The molecule has 6 heteroatoms. The van der Waals surface area contributed by atoms with Crippen molar-refractivity contribution in [1.29, 1.82) is 0 Å². The lowest BCUT2D eigenvalue weighted by Gasteiger charge is -2.32. The number of likely N-dealkylation sites (N-methyl/N-ethyl adjacent to an activating group) is 1. The molecule has 1 aromatic rings. The van der Waals surface area contributed by atoms with Crippen LogP contribution in [0.4, 0.5) is 0 Å². The quantitative estimate of drug-likeness (QED) is 0.828. The summed E-state index contributed by atoms with van der Waals surface area (Å²) < 4.78 is 8.05. The molecule has 0 saturated carbocycles. The van der Waals surface area contributed by atoms with Gasteiger partial charge in [-0.1, -0.05) is 0 Å². The molecule has 17 heavy (non-hydrogen) atoms. The highest BCUT2D eigenvalue weighted by molar-refractivity contribution is 9.10. The Hall–Kier alpha value is -0.590. The summed E-state index contributed by atoms with van der Waals surface area (Å²) in [5.41, 5.74) is 0. The van der Waals surface area contributed by atoms with Crippen LogP contribution in [0.5, 0.6) is 5.75 Å². The summed E-state index contributed by atoms with van der Waals surface area (Å²) in [7, 11) is 3.83. The Bertz CT molecular complexity index is 360. The fourth-order valence-corrected chi connectivity index (χ4v) is 2.49. The van der Waals surface area contributed by atoms with E-state index in [-0.39, 0.29) is 0 Å². The second-order valence-electron chi connectivity index (χ2n) is 4.37. The Morgan fingerprint density at radius 2 is 2.00 bits per heavy atom. The normalized spacial score (nSPS) is 18.5. The van der Waals surface area contributed by atoms with Crippen molar-refractivity contribution < 1.29 is 4.74 Å². The second kappa shape index (κ2) is 5.84. The van der Waals surface area contributed by atoms with Gasteiger partial charge in [-0.3, -0.25) is 9.58 Å². The zero-order chi connectivity index (χ0) is 12.3. The summed E-state index contributed by atoms with van der Waals surface area (Å²) in [4.78, 5) is 4.84. The van der Waals surface area contributed by atoms with Crippen LogP contribution in [0.3, 0.4) is 0 Å². The van der Waals surface area contributed by atoms with Crippen molar-refractivity contribution in [3.05, 3.63) is 10.8 Å². The number of methoxy groups -OCH3 is 1. The van der Waals surface area contributed by atoms with Crippen molar-refractivity contribution in [2.24, 2.45) is 0 Å². The molecule has 2 rings (SSSR count). The highest BCUT2D eigenvalue weighted by Gasteiger charge is 2.14. The lowest BCUT2D eigenvalue weighted by molar-refractivity contribution is 0.148. The summed E-state index contributed by atoms with van der Waals surface area (Å²) in [6, 6.07) is 0. The molecular weight excluding hydrogens is 284 g/mol. The Morgan fingerprint density at radius 3 is 2.59 bits per heavy atom. The summed E-state index contributed by atoms with van der Waals surface area (Å²) in [6.07, 6.45) is 1.74. The minimum absolute atomic E-state index is 0.795. The third-order valence-electron chi connectivity index (χ3n) is 3.19. The molecule has 2 heterocycles. The van der Waals surface area contributed by atoms with E-state index in [1.807, 2.05) is 4.68 Å². The molecule has 0 aliphatic carbocycles. The van der Waals surface area contributed by atoms with Crippen LogP contribution in [0.2, 0.25) is 0 Å². The lowest BCUT2D eigenvalue weighted by Crippen LogP contribution is -2.45. The Labute approximate surface area is 110 Å². The summed E-state index contributed by atoms with van der Waals surface area (Å²) in [6.45, 7) is 6.54. The van der Waals surface area contributed by atoms with Crippen LogP contribution in [0.25, 0.3) is 0 Å². The first kappa shape index (κ1) is 12.9. The van der Waals surface area contributed by atoms with E-state index in [1.54, 1.807) is 13.3 Å². The van der Waals surface area contributed by atoms with Crippen molar-refractivity contribution in [1.82, 2.24) is 19.6 Å². The fourth-order valence-electron chi connectivity index (χ4n) is 1.95. The van der Waals surface area contributed by atoms with Gasteiger partial charge in [0.2, 0.25) is 0 Å². The highest BCUT2D eigenvalue weighted by atomic mass is 79.9. The van der Waals surface area contributed by atoms with Gasteiger partial charge in [0.05, 0.1) is 19.9 Å². The van der Waals surface area contributed by atoms with E-state index in [0.29, 0.717) is 0 Å². The molecule has 96 valence electrons. The third kappa shape index (κ3) is 3.20. The Kier molecular flexibility index (Phi) is 4.42. The number of halogens is 1. The maximum Gasteiger partial charge on any atom is 0.171 e. The van der Waals surface area contributed by atoms with Crippen molar-refractivity contribution in [3.8, 4) is 5.75 Å². The van der Waals surface area contributed by atoms with Gasteiger partial charge in [-0.05, 0) is 23.0 Å². The number of rotatable bonds is 4. The van der Waals surface area contributed by atoms with E-state index in [2.05, 4.69) is 37.9 Å². The van der Waals surface area contributed by atoms with E-state index in [0.717, 1.165) is 49.6 Å². The molecule has 0 radical (unpaired) electrons. The van der Waals surface area contributed by atoms with E-state index < -0.39 is 0 Å². The van der Waals surface area contributed by atoms with E-state index in [1.165, 1.54) is 0 Å². The predicted octanol–water partition coefficient (Wildman–Crippen LogP) is 0.902. The monoisotopic (exact) mass is 302 g/mol. The van der Waals surface area contributed by atoms with Crippen LogP contribution < -0.4 is 4.74 Å². The molecule has 1 fully saturated rings. The van der Waals surface area contributed by atoms with Crippen LogP contribution in [0.1, 0.15) is 0 Å². The molecule has 5 nitrogen and oxygen atoms in total. The molecule has 1 aromatic heterocycles. The van der Waals surface area contributed by atoms with Crippen LogP contribution >= 0.6 is 15.9 Å². The standard InChI is InChI=1S/C11H19BrN4O/c1-14-3-5-15(6-4-14)7-8-16-11(12)10(17-2)9-13-16/h9H,3-8H2,1-2H3. The van der Waals surface area contributed by atoms with Crippen LogP contribution in [0.15, 0.2) is 10.8 Å². The Morgan fingerprint density at radius 1 is 1.29 bits per heavy atom. The van der Waals surface area contributed by atoms with Crippen molar-refractivity contribution in [2.45, 2.75) is 6.54 Å². The number of ether oxygens (including phenoxy) is 1. The molecule has 1 saturated heterocycles. The third-order valence-corrected chi connectivity index (χ3v) is 3.99. The molecule has 0 bridgehead atoms. The predicted molar refractivity (Wildman–Crippen MR) is 70.4 cm³/mol. The minimum atomic E-state index is 0.795. The lowest BCUT2D eigenvalue weighted by atomic mass is 10.3. The molecule has 0 N–H and O–H groups in total. The fraction of sp³-hybridized carbons (Fsp3) is 0.727. The molecule has 0 unspecified atom stereocenters. The first-order valence-electron chi connectivity index (χ1n) is 5.87. The molecular formula is C11H19BrN4O. The van der Waals surface area contributed by atoms with Gasteiger partial charge in [0.15, 0.2) is 5.75 Å². The highest BCUT2D eigenvalue weighted by Crippen LogP contribution is 2.23. The smallest absolute Gasteiger partial charge is 0.171 e. The first-order valence-corrected chi connectivity index (χ1v) is 6.66. The molecule has 0 atom stereocenters. The topological polar surface area (TPSA) is 33.5 Å². The van der Waals surface area contributed by atoms with Crippen LogP contribution in [0, 0.1) is 0 Å². The number of piperazine rings is 1. The summed E-state index contributed by atoms with van der Waals surface area (Å²) in [5, 5.41) is 4.29. The van der Waals surface area contributed by atoms with Crippen molar-refractivity contribution in [2.75, 3.05) is 46.9 Å². The SMILES string of the molecule is COc1cnn(CCN2CCN(C)CC2)c1Br. The summed E-state index contributed by atoms with van der Waals surface area (Å²) in [5.74, 6) is 0.795. The zero-order valence-electron chi connectivity index (χ0n) is 10.4. The summed E-state index contributed by atoms with van der Waals surface area (Å²) >= 11 is 3.49. The number of nitrogens with zero attached hydrogens (tertiary/aromatic N) is 4. The molecule has 1 aliphatic rings. The van der Waals surface area contributed by atoms with Gasteiger partial charge >= 0.3 is 0 Å². The van der Waals surface area contributed by atoms with Crippen LogP contribution in [-0.4, -0.2) is 66.5 Å². The molecule has 0 aromatic carbocycles. The average molecular weight is 303 g/mol. The van der Waals surface area contributed by atoms with E-state index in [4.69, 9.17) is 4.74 Å². The molecule has 1 aliphatic heterocycles. The maximum absolute atomic E-state index is 5.18. The average Bonchev–Trinajstić information content (AvgIpc) is 2.69. The minimum Gasteiger partial charge on any atom is -0.492 e. The van der Waals surface area contributed by atoms with Gasteiger partial charge in [0, 0.05) is 32.7 Å². The zero-order valence-corrected chi connectivity index (χ0v) is 12.0. The van der Waals surface area contributed by atoms with Crippen molar-refractivity contribution >= 4 is 15.9 Å². The van der Waals surface area contributed by atoms with Gasteiger partial charge in [-0.15, -0.1) is 0 Å².